The first kappa shape index (κ1) is 13.2. The van der Waals surface area contributed by atoms with E-state index in [-0.39, 0.29) is 16.3 Å². The van der Waals surface area contributed by atoms with Crippen molar-refractivity contribution in [3.8, 4) is 0 Å². The number of carboxylic acids is 1. The topological polar surface area (TPSA) is 84.3 Å². The number of carboxylic acid groups (broad SMARTS) is 1. The van der Waals surface area contributed by atoms with Gasteiger partial charge in [0.2, 0.25) is 0 Å². The van der Waals surface area contributed by atoms with Gasteiger partial charge in [-0.15, -0.1) is 0 Å². The van der Waals surface area contributed by atoms with Gasteiger partial charge in [-0.25, -0.2) is 18.2 Å². The first-order valence-electron chi connectivity index (χ1n) is 5.45. The number of carbonyl (C=O) groups is 1. The van der Waals surface area contributed by atoms with E-state index in [0.717, 1.165) is 0 Å². The van der Waals surface area contributed by atoms with E-state index in [1.54, 1.807) is 12.1 Å². The van der Waals surface area contributed by atoms with Gasteiger partial charge in [-0.3, -0.25) is 0 Å². The molecule has 0 saturated carbocycles. The van der Waals surface area contributed by atoms with Gasteiger partial charge in [0.25, 0.3) is 0 Å². The molecule has 5 nitrogen and oxygen atoms in total. The summed E-state index contributed by atoms with van der Waals surface area (Å²) in [4.78, 5) is 14.5. The van der Waals surface area contributed by atoms with E-state index in [4.69, 9.17) is 5.11 Å². The van der Waals surface area contributed by atoms with E-state index in [0.29, 0.717) is 5.56 Å². The average molecular weight is 277 g/mol. The molecule has 0 aliphatic heterocycles. The lowest BCUT2D eigenvalue weighted by Gasteiger charge is -2.04. The zero-order valence-corrected chi connectivity index (χ0v) is 10.7. The molecule has 0 unspecified atom stereocenters. The van der Waals surface area contributed by atoms with Crippen LogP contribution < -0.4 is 0 Å². The minimum absolute atomic E-state index is 0.0114. The molecule has 2 aromatic rings. The second-order valence-electron chi connectivity index (χ2n) is 3.93. The van der Waals surface area contributed by atoms with Gasteiger partial charge in [0.05, 0.1) is 11.3 Å². The molecule has 0 aliphatic carbocycles. The minimum atomic E-state index is -3.50. The predicted molar refractivity (Wildman–Crippen MR) is 68.5 cm³/mol. The van der Waals surface area contributed by atoms with Crippen molar-refractivity contribution >= 4 is 15.8 Å². The zero-order valence-electron chi connectivity index (χ0n) is 9.85. The van der Waals surface area contributed by atoms with Gasteiger partial charge < -0.3 is 5.11 Å². The fourth-order valence-electron chi connectivity index (χ4n) is 1.57. The summed E-state index contributed by atoms with van der Waals surface area (Å²) < 4.78 is 24.1. The first-order valence-corrected chi connectivity index (χ1v) is 7.10. The van der Waals surface area contributed by atoms with Crippen LogP contribution in [0.25, 0.3) is 0 Å². The molecule has 0 amide bonds. The molecule has 1 aromatic carbocycles. The maximum Gasteiger partial charge on any atom is 0.335 e. The molecule has 0 aliphatic rings. The number of benzene rings is 1. The molecule has 98 valence electrons. The van der Waals surface area contributed by atoms with Crippen LogP contribution in [0.3, 0.4) is 0 Å². The predicted octanol–water partition coefficient (Wildman–Crippen LogP) is 1.75. The molecule has 0 radical (unpaired) electrons. The molecule has 0 atom stereocenters. The van der Waals surface area contributed by atoms with Crippen LogP contribution in [-0.2, 0) is 15.6 Å². The van der Waals surface area contributed by atoms with Crippen LogP contribution in [0.4, 0.5) is 0 Å². The quantitative estimate of drug-likeness (QED) is 0.920. The van der Waals surface area contributed by atoms with Gasteiger partial charge in [0, 0.05) is 6.20 Å². The molecule has 2 rings (SSSR count). The van der Waals surface area contributed by atoms with Gasteiger partial charge >= 0.3 is 5.97 Å². The lowest BCUT2D eigenvalue weighted by Crippen LogP contribution is -2.07. The Labute approximate surface area is 110 Å². The second-order valence-corrected chi connectivity index (χ2v) is 5.87. The molecule has 0 saturated heterocycles. The first-order chi connectivity index (χ1) is 8.99. The third-order valence-electron chi connectivity index (χ3n) is 2.51. The van der Waals surface area contributed by atoms with Gasteiger partial charge in [-0.2, -0.15) is 0 Å². The minimum Gasteiger partial charge on any atom is -0.478 e. The van der Waals surface area contributed by atoms with Crippen molar-refractivity contribution in [2.75, 3.05) is 0 Å². The van der Waals surface area contributed by atoms with Crippen molar-refractivity contribution in [3.05, 3.63) is 59.8 Å². The molecule has 19 heavy (non-hydrogen) atoms. The van der Waals surface area contributed by atoms with Gasteiger partial charge in [-0.1, -0.05) is 18.2 Å². The fourth-order valence-corrected chi connectivity index (χ4v) is 2.85. The summed E-state index contributed by atoms with van der Waals surface area (Å²) in [5, 5.41) is 8.77. The number of rotatable bonds is 4. The highest BCUT2D eigenvalue weighted by Crippen LogP contribution is 2.14. The number of pyridine rings is 1. The molecule has 1 heterocycles. The van der Waals surface area contributed by atoms with E-state index in [1.807, 2.05) is 0 Å². The van der Waals surface area contributed by atoms with Crippen molar-refractivity contribution in [1.29, 1.82) is 0 Å². The van der Waals surface area contributed by atoms with Crippen LogP contribution in [0, 0.1) is 0 Å². The van der Waals surface area contributed by atoms with Crippen LogP contribution in [0.2, 0.25) is 0 Å². The number of hydrogen-bond donors (Lipinski definition) is 1. The third kappa shape index (κ3) is 3.17. The van der Waals surface area contributed by atoms with Crippen LogP contribution >= 0.6 is 0 Å². The van der Waals surface area contributed by atoms with E-state index in [2.05, 4.69) is 4.98 Å². The number of aromatic carboxylic acids is 1. The normalized spacial score (nSPS) is 11.2. The average Bonchev–Trinajstić information content (AvgIpc) is 2.40. The molecule has 0 fully saturated rings. The molecule has 0 spiro atoms. The highest BCUT2D eigenvalue weighted by molar-refractivity contribution is 7.90. The largest absolute Gasteiger partial charge is 0.478 e. The lowest BCUT2D eigenvalue weighted by molar-refractivity contribution is 0.0697. The Kier molecular flexibility index (Phi) is 3.62. The van der Waals surface area contributed by atoms with Gasteiger partial charge in [0.1, 0.15) is 0 Å². The lowest BCUT2D eigenvalue weighted by atomic mass is 10.1. The van der Waals surface area contributed by atoms with Crippen molar-refractivity contribution in [3.63, 3.8) is 0 Å². The molecule has 1 aromatic heterocycles. The molecular formula is C13H11NO4S. The number of nitrogens with zero attached hydrogens (tertiary/aromatic N) is 1. The summed E-state index contributed by atoms with van der Waals surface area (Å²) in [5.41, 5.74) is 0.648. The smallest absolute Gasteiger partial charge is 0.335 e. The van der Waals surface area contributed by atoms with E-state index < -0.39 is 15.8 Å². The van der Waals surface area contributed by atoms with Crippen molar-refractivity contribution in [2.24, 2.45) is 0 Å². The maximum atomic E-state index is 12.0. The van der Waals surface area contributed by atoms with E-state index in [1.165, 1.54) is 36.5 Å². The summed E-state index contributed by atoms with van der Waals surface area (Å²) in [7, 11) is -3.50. The van der Waals surface area contributed by atoms with Crippen LogP contribution in [0.5, 0.6) is 0 Å². The summed E-state index contributed by atoms with van der Waals surface area (Å²) in [5.74, 6) is -1.25. The number of hydrogen-bond acceptors (Lipinski definition) is 4. The van der Waals surface area contributed by atoms with E-state index >= 15 is 0 Å². The van der Waals surface area contributed by atoms with Crippen molar-refractivity contribution < 1.29 is 18.3 Å². The van der Waals surface area contributed by atoms with Crippen LogP contribution in [0.1, 0.15) is 15.9 Å². The van der Waals surface area contributed by atoms with Gasteiger partial charge in [0.15, 0.2) is 14.9 Å². The SMILES string of the molecule is O=C(O)c1ccc(CS(=O)(=O)c2ccccn2)cc1. The Morgan fingerprint density at radius 3 is 2.32 bits per heavy atom. The summed E-state index contributed by atoms with van der Waals surface area (Å²) in [6, 6.07) is 10.4. The Morgan fingerprint density at radius 2 is 1.79 bits per heavy atom. The van der Waals surface area contributed by atoms with Crippen molar-refractivity contribution in [2.45, 2.75) is 10.8 Å². The standard InChI is InChI=1S/C13H11NO4S/c15-13(16)11-6-4-10(5-7-11)9-19(17,18)12-3-1-2-8-14-12/h1-8H,9H2,(H,15,16). The number of sulfone groups is 1. The monoisotopic (exact) mass is 277 g/mol. The van der Waals surface area contributed by atoms with E-state index in [9.17, 15) is 13.2 Å². The molecule has 1 N–H and O–H groups in total. The second kappa shape index (κ2) is 5.19. The Hall–Kier alpha value is -2.21. The van der Waals surface area contributed by atoms with Crippen LogP contribution in [0.15, 0.2) is 53.7 Å². The van der Waals surface area contributed by atoms with Gasteiger partial charge in [-0.05, 0) is 29.8 Å². The maximum absolute atomic E-state index is 12.0. The highest BCUT2D eigenvalue weighted by Gasteiger charge is 2.16. The Balaban J connectivity index is 2.24. The zero-order chi connectivity index (χ0) is 13.9. The third-order valence-corrected chi connectivity index (χ3v) is 4.11. The summed E-state index contributed by atoms with van der Waals surface area (Å²) in [6.45, 7) is 0. The fraction of sp³-hybridized carbons (Fsp3) is 0.0769. The summed E-state index contributed by atoms with van der Waals surface area (Å²) >= 11 is 0. The molecule has 0 bridgehead atoms. The van der Waals surface area contributed by atoms with Crippen molar-refractivity contribution in [1.82, 2.24) is 4.98 Å². The molecule has 6 heteroatoms. The van der Waals surface area contributed by atoms with Crippen LogP contribution in [-0.4, -0.2) is 24.5 Å². The summed E-state index contributed by atoms with van der Waals surface area (Å²) in [6.07, 6.45) is 1.42. The Bertz CT molecular complexity index is 678. The molecular weight excluding hydrogens is 266 g/mol. The Morgan fingerprint density at radius 1 is 1.11 bits per heavy atom. The highest BCUT2D eigenvalue weighted by atomic mass is 32.2. The number of aromatic nitrogens is 1.